The Bertz CT molecular complexity index is 428. The number of rotatable bonds is 4. The van der Waals surface area contributed by atoms with Gasteiger partial charge in [0.15, 0.2) is 0 Å². The first-order chi connectivity index (χ1) is 9.22. The number of esters is 1. The molecule has 3 nitrogen and oxygen atoms in total. The van der Waals surface area contributed by atoms with Crippen LogP contribution in [-0.4, -0.2) is 18.7 Å². The molecule has 1 fully saturated rings. The predicted molar refractivity (Wildman–Crippen MR) is 74.4 cm³/mol. The van der Waals surface area contributed by atoms with Gasteiger partial charge in [-0.15, -0.1) is 0 Å². The van der Waals surface area contributed by atoms with Crippen molar-refractivity contribution in [2.24, 2.45) is 0 Å². The fourth-order valence-electron chi connectivity index (χ4n) is 2.88. The molecule has 1 aliphatic rings. The summed E-state index contributed by atoms with van der Waals surface area (Å²) in [5.41, 5.74) is 1.18. The van der Waals surface area contributed by atoms with Crippen molar-refractivity contribution in [2.45, 2.75) is 51.6 Å². The van der Waals surface area contributed by atoms with Crippen LogP contribution in [0.2, 0.25) is 0 Å². The Balaban J connectivity index is 2.23. The van der Waals surface area contributed by atoms with Crippen LogP contribution in [0.1, 0.15) is 51.0 Å². The Morgan fingerprint density at radius 1 is 1.26 bits per heavy atom. The number of carbonyl (C=O) groups is 1. The number of hydrogen-bond acceptors (Lipinski definition) is 3. The van der Waals surface area contributed by atoms with E-state index < -0.39 is 0 Å². The highest BCUT2D eigenvalue weighted by molar-refractivity contribution is 5.66. The van der Waals surface area contributed by atoms with Gasteiger partial charge in [0.05, 0.1) is 6.61 Å². The minimum absolute atomic E-state index is 0.00661. The average Bonchev–Trinajstić information content (AvgIpc) is 2.40. The zero-order chi connectivity index (χ0) is 13.7. The molecule has 0 aromatic heterocycles. The van der Waals surface area contributed by atoms with Gasteiger partial charge in [-0.3, -0.25) is 4.79 Å². The van der Waals surface area contributed by atoms with E-state index in [1.165, 1.54) is 18.9 Å². The molecule has 19 heavy (non-hydrogen) atoms. The van der Waals surface area contributed by atoms with Crippen LogP contribution in [0, 0.1) is 0 Å². The fraction of sp³-hybridized carbons (Fsp3) is 0.562. The van der Waals surface area contributed by atoms with Crippen LogP contribution in [0.4, 0.5) is 0 Å². The van der Waals surface area contributed by atoms with E-state index in [-0.39, 0.29) is 18.0 Å². The van der Waals surface area contributed by atoms with Crippen molar-refractivity contribution in [1.82, 2.24) is 0 Å². The molecule has 0 radical (unpaired) electrons. The van der Waals surface area contributed by atoms with Gasteiger partial charge in [-0.1, -0.05) is 24.6 Å². The molecule has 0 spiro atoms. The Morgan fingerprint density at radius 3 is 2.74 bits per heavy atom. The minimum atomic E-state index is -0.189. The zero-order valence-electron chi connectivity index (χ0n) is 11.7. The van der Waals surface area contributed by atoms with E-state index in [9.17, 15) is 4.79 Å². The Morgan fingerprint density at radius 2 is 2.00 bits per heavy atom. The van der Waals surface area contributed by atoms with Gasteiger partial charge in [0.2, 0.25) is 0 Å². The minimum Gasteiger partial charge on any atom is -0.494 e. The van der Waals surface area contributed by atoms with E-state index in [0.29, 0.717) is 6.61 Å². The lowest BCUT2D eigenvalue weighted by Gasteiger charge is -2.32. The fourth-order valence-corrected chi connectivity index (χ4v) is 2.88. The number of hydrogen-bond donors (Lipinski definition) is 0. The molecule has 0 amide bonds. The first-order valence-electron chi connectivity index (χ1n) is 7.11. The number of ether oxygens (including phenoxy) is 2. The van der Waals surface area contributed by atoms with Gasteiger partial charge in [-0.25, -0.2) is 0 Å². The van der Waals surface area contributed by atoms with Crippen molar-refractivity contribution in [1.29, 1.82) is 0 Å². The molecule has 1 aliphatic carbocycles. The van der Waals surface area contributed by atoms with Crippen LogP contribution in [0.3, 0.4) is 0 Å². The summed E-state index contributed by atoms with van der Waals surface area (Å²) in [6.45, 7) is 4.13. The number of carbonyl (C=O) groups excluding carboxylic acids is 1. The maximum atomic E-state index is 11.2. The molecule has 3 heteroatoms. The van der Waals surface area contributed by atoms with Crippen LogP contribution >= 0.6 is 0 Å². The van der Waals surface area contributed by atoms with E-state index in [0.717, 1.165) is 25.0 Å². The number of para-hydroxylation sites is 1. The summed E-state index contributed by atoms with van der Waals surface area (Å²) >= 11 is 0. The molecule has 104 valence electrons. The van der Waals surface area contributed by atoms with Gasteiger partial charge in [-0.05, 0) is 32.3 Å². The Labute approximate surface area is 114 Å². The normalized spacial score (nSPS) is 22.8. The molecule has 2 rings (SSSR count). The van der Waals surface area contributed by atoms with Crippen LogP contribution in [0.5, 0.6) is 5.75 Å². The summed E-state index contributed by atoms with van der Waals surface area (Å²) in [7, 11) is 0. The smallest absolute Gasteiger partial charge is 0.302 e. The molecular formula is C16H22O3. The van der Waals surface area contributed by atoms with Crippen molar-refractivity contribution in [3.63, 3.8) is 0 Å². The summed E-state index contributed by atoms with van der Waals surface area (Å²) in [5.74, 6) is 1.00. The standard InChI is InChI=1S/C16H22O3/c1-3-18-15-10-6-4-8-13(15)14-9-5-7-11-16(14)19-12(2)17/h4,6,8,10,14,16H,3,5,7,9,11H2,1-2H3/t14-,16+/m0/s1. The molecule has 0 saturated heterocycles. The van der Waals surface area contributed by atoms with Crippen molar-refractivity contribution in [3.8, 4) is 5.75 Å². The zero-order valence-corrected chi connectivity index (χ0v) is 11.7. The summed E-state index contributed by atoms with van der Waals surface area (Å²) in [6, 6.07) is 8.10. The van der Waals surface area contributed by atoms with Gasteiger partial charge in [0, 0.05) is 18.4 Å². The van der Waals surface area contributed by atoms with Crippen LogP contribution in [-0.2, 0) is 9.53 Å². The third-order valence-electron chi connectivity index (χ3n) is 3.64. The lowest BCUT2D eigenvalue weighted by atomic mass is 9.81. The van der Waals surface area contributed by atoms with Crippen molar-refractivity contribution < 1.29 is 14.3 Å². The lowest BCUT2D eigenvalue weighted by Crippen LogP contribution is -2.28. The van der Waals surface area contributed by atoms with E-state index in [1.807, 2.05) is 25.1 Å². The molecule has 0 heterocycles. The second kappa shape index (κ2) is 6.60. The first-order valence-corrected chi connectivity index (χ1v) is 7.11. The predicted octanol–water partition coefficient (Wildman–Crippen LogP) is 3.67. The molecule has 0 N–H and O–H groups in total. The van der Waals surface area contributed by atoms with Crippen molar-refractivity contribution in [2.75, 3.05) is 6.61 Å². The maximum absolute atomic E-state index is 11.2. The van der Waals surface area contributed by atoms with Gasteiger partial charge in [-0.2, -0.15) is 0 Å². The van der Waals surface area contributed by atoms with Gasteiger partial charge in [0.1, 0.15) is 11.9 Å². The van der Waals surface area contributed by atoms with Gasteiger partial charge >= 0.3 is 5.97 Å². The van der Waals surface area contributed by atoms with Crippen LogP contribution in [0.25, 0.3) is 0 Å². The second-order valence-corrected chi connectivity index (χ2v) is 5.01. The van der Waals surface area contributed by atoms with Crippen LogP contribution in [0.15, 0.2) is 24.3 Å². The largest absolute Gasteiger partial charge is 0.494 e. The summed E-state index contributed by atoms with van der Waals surface area (Å²) in [4.78, 5) is 11.2. The highest BCUT2D eigenvalue weighted by Gasteiger charge is 2.30. The summed E-state index contributed by atoms with van der Waals surface area (Å²) in [5, 5.41) is 0. The van der Waals surface area contributed by atoms with Crippen molar-refractivity contribution in [3.05, 3.63) is 29.8 Å². The van der Waals surface area contributed by atoms with Gasteiger partial charge < -0.3 is 9.47 Å². The molecule has 1 saturated carbocycles. The highest BCUT2D eigenvalue weighted by atomic mass is 16.5. The molecule has 2 atom stereocenters. The number of benzene rings is 1. The molecule has 1 aromatic carbocycles. The third kappa shape index (κ3) is 3.49. The molecule has 1 aromatic rings. The third-order valence-corrected chi connectivity index (χ3v) is 3.64. The van der Waals surface area contributed by atoms with E-state index in [1.54, 1.807) is 0 Å². The molecular weight excluding hydrogens is 240 g/mol. The maximum Gasteiger partial charge on any atom is 0.302 e. The summed E-state index contributed by atoms with van der Waals surface area (Å²) in [6.07, 6.45) is 4.31. The summed E-state index contributed by atoms with van der Waals surface area (Å²) < 4.78 is 11.2. The molecule has 0 bridgehead atoms. The second-order valence-electron chi connectivity index (χ2n) is 5.01. The van der Waals surface area contributed by atoms with E-state index in [4.69, 9.17) is 9.47 Å². The average molecular weight is 262 g/mol. The van der Waals surface area contributed by atoms with Crippen molar-refractivity contribution >= 4 is 5.97 Å². The van der Waals surface area contributed by atoms with E-state index in [2.05, 4.69) is 6.07 Å². The SMILES string of the molecule is CCOc1ccccc1[C@@H]1CCCC[C@H]1OC(C)=O. The van der Waals surface area contributed by atoms with Gasteiger partial charge in [0.25, 0.3) is 0 Å². The topological polar surface area (TPSA) is 35.5 Å². The Hall–Kier alpha value is -1.51. The quantitative estimate of drug-likeness (QED) is 0.777. The molecule has 0 unspecified atom stereocenters. The molecule has 0 aliphatic heterocycles. The van der Waals surface area contributed by atoms with E-state index >= 15 is 0 Å². The van der Waals surface area contributed by atoms with Crippen LogP contribution < -0.4 is 4.74 Å². The highest BCUT2D eigenvalue weighted by Crippen LogP contribution is 2.39. The first kappa shape index (κ1) is 13.9. The monoisotopic (exact) mass is 262 g/mol. The lowest BCUT2D eigenvalue weighted by molar-refractivity contribution is -0.148. The Kier molecular flexibility index (Phi) is 4.83.